The second-order valence-corrected chi connectivity index (χ2v) is 5.33. The number of halogens is 3. The lowest BCUT2D eigenvalue weighted by Crippen LogP contribution is -1.96. The van der Waals surface area contributed by atoms with E-state index in [0.29, 0.717) is 16.5 Å². The third-order valence-electron chi connectivity index (χ3n) is 3.41. The summed E-state index contributed by atoms with van der Waals surface area (Å²) in [4.78, 5) is 0. The van der Waals surface area contributed by atoms with Gasteiger partial charge in [0.2, 0.25) is 0 Å². The van der Waals surface area contributed by atoms with Crippen LogP contribution in [0.15, 0.2) is 30.3 Å². The summed E-state index contributed by atoms with van der Waals surface area (Å²) in [6, 6.07) is 7.99. The summed E-state index contributed by atoms with van der Waals surface area (Å²) in [7, 11) is 0. The Labute approximate surface area is 125 Å². The lowest BCUT2D eigenvalue weighted by atomic mass is 9.99. The van der Waals surface area contributed by atoms with Crippen LogP contribution in [0.2, 0.25) is 5.15 Å². The van der Waals surface area contributed by atoms with E-state index in [2.05, 4.69) is 10.2 Å². The normalized spacial score (nSPS) is 11.1. The van der Waals surface area contributed by atoms with Crippen LogP contribution in [0.1, 0.15) is 11.1 Å². The fourth-order valence-corrected chi connectivity index (χ4v) is 2.59. The van der Waals surface area contributed by atoms with E-state index in [0.717, 1.165) is 28.8 Å². The molecule has 5 heteroatoms. The number of benzene rings is 2. The first kappa shape index (κ1) is 13.9. The van der Waals surface area contributed by atoms with Gasteiger partial charge in [-0.2, -0.15) is 0 Å². The third-order valence-corrected chi connectivity index (χ3v) is 3.69. The second kappa shape index (κ2) is 5.04. The van der Waals surface area contributed by atoms with Gasteiger partial charge in [-0.15, -0.1) is 10.2 Å². The van der Waals surface area contributed by atoms with Crippen molar-refractivity contribution in [2.45, 2.75) is 13.8 Å². The number of hydrogen-bond acceptors (Lipinski definition) is 2. The molecule has 21 heavy (non-hydrogen) atoms. The van der Waals surface area contributed by atoms with Gasteiger partial charge in [0.05, 0.1) is 0 Å². The molecule has 0 aliphatic rings. The fraction of sp³-hybridized carbons (Fsp3) is 0.125. The zero-order chi connectivity index (χ0) is 15.1. The lowest BCUT2D eigenvalue weighted by molar-refractivity contribution is 0.511. The summed E-state index contributed by atoms with van der Waals surface area (Å²) in [6.45, 7) is 3.92. The van der Waals surface area contributed by atoms with E-state index in [1.165, 1.54) is 0 Å². The Kier molecular flexibility index (Phi) is 3.33. The fourth-order valence-electron chi connectivity index (χ4n) is 2.39. The smallest absolute Gasteiger partial charge is 0.159 e. The average Bonchev–Trinajstić information content (AvgIpc) is 2.43. The van der Waals surface area contributed by atoms with Gasteiger partial charge >= 0.3 is 0 Å². The Balaban J connectivity index is 2.38. The molecule has 2 aromatic carbocycles. The Morgan fingerprint density at radius 2 is 1.57 bits per heavy atom. The van der Waals surface area contributed by atoms with Crippen molar-refractivity contribution < 1.29 is 8.78 Å². The van der Waals surface area contributed by atoms with E-state index in [4.69, 9.17) is 11.6 Å². The summed E-state index contributed by atoms with van der Waals surface area (Å²) < 4.78 is 27.0. The number of fused-ring (bicyclic) bond motifs is 1. The summed E-state index contributed by atoms with van der Waals surface area (Å²) in [5.41, 5.74) is 3.41. The molecule has 3 aromatic rings. The molecule has 0 spiro atoms. The molecule has 0 saturated heterocycles. The molecule has 0 aliphatic carbocycles. The SMILES string of the molecule is Cc1ccc(-c2nnc(Cl)c3cc(F)c(F)cc23)c(C)c1. The third kappa shape index (κ3) is 2.36. The Morgan fingerprint density at radius 1 is 0.905 bits per heavy atom. The molecule has 0 bridgehead atoms. The maximum Gasteiger partial charge on any atom is 0.159 e. The predicted octanol–water partition coefficient (Wildman–Crippen LogP) is 4.85. The van der Waals surface area contributed by atoms with E-state index in [9.17, 15) is 8.78 Å². The number of aromatic nitrogens is 2. The van der Waals surface area contributed by atoms with Crippen LogP contribution in [-0.4, -0.2) is 10.2 Å². The summed E-state index contributed by atoms with van der Waals surface area (Å²) in [5, 5.41) is 8.76. The molecule has 1 aromatic heterocycles. The summed E-state index contributed by atoms with van der Waals surface area (Å²) in [5.74, 6) is -1.89. The van der Waals surface area contributed by atoms with Crippen molar-refractivity contribution in [3.05, 3.63) is 58.2 Å². The van der Waals surface area contributed by atoms with Crippen LogP contribution in [0.5, 0.6) is 0 Å². The van der Waals surface area contributed by atoms with Crippen molar-refractivity contribution in [1.82, 2.24) is 10.2 Å². The Hall–Kier alpha value is -2.07. The van der Waals surface area contributed by atoms with Crippen LogP contribution in [0.4, 0.5) is 8.78 Å². The van der Waals surface area contributed by atoms with E-state index in [1.807, 2.05) is 32.0 Å². The number of nitrogens with zero attached hydrogens (tertiary/aromatic N) is 2. The van der Waals surface area contributed by atoms with Gasteiger partial charge in [-0.3, -0.25) is 0 Å². The molecule has 0 radical (unpaired) electrons. The average molecular weight is 305 g/mol. The molecular formula is C16H11ClF2N2. The Bertz CT molecular complexity index is 863. The van der Waals surface area contributed by atoms with Crippen molar-refractivity contribution in [2.75, 3.05) is 0 Å². The monoisotopic (exact) mass is 304 g/mol. The van der Waals surface area contributed by atoms with Crippen LogP contribution >= 0.6 is 11.6 Å². The largest absolute Gasteiger partial charge is 0.204 e. The van der Waals surface area contributed by atoms with E-state index in [-0.39, 0.29) is 5.15 Å². The zero-order valence-electron chi connectivity index (χ0n) is 11.4. The maximum atomic E-state index is 13.6. The molecule has 0 aliphatic heterocycles. The molecule has 0 atom stereocenters. The quantitative estimate of drug-likeness (QED) is 0.642. The molecule has 0 saturated carbocycles. The molecule has 106 valence electrons. The highest BCUT2D eigenvalue weighted by atomic mass is 35.5. The highest BCUT2D eigenvalue weighted by Crippen LogP contribution is 2.32. The van der Waals surface area contributed by atoms with Gasteiger partial charge in [-0.25, -0.2) is 8.78 Å². The van der Waals surface area contributed by atoms with Crippen LogP contribution in [0, 0.1) is 25.5 Å². The standard InChI is InChI=1S/C16H11ClF2N2/c1-8-3-4-10(9(2)5-8)15-11-6-13(18)14(19)7-12(11)16(17)21-20-15/h3-7H,1-2H3. The first-order chi connectivity index (χ1) is 9.97. The molecule has 3 rings (SSSR count). The van der Waals surface area contributed by atoms with Crippen LogP contribution in [0.3, 0.4) is 0 Å². The predicted molar refractivity (Wildman–Crippen MR) is 79.4 cm³/mol. The Morgan fingerprint density at radius 3 is 2.24 bits per heavy atom. The first-order valence-corrected chi connectivity index (χ1v) is 6.73. The van der Waals surface area contributed by atoms with E-state index in [1.54, 1.807) is 0 Å². The van der Waals surface area contributed by atoms with Crippen LogP contribution in [0.25, 0.3) is 22.0 Å². The van der Waals surface area contributed by atoms with Gasteiger partial charge in [-0.05, 0) is 31.5 Å². The molecule has 0 fully saturated rings. The van der Waals surface area contributed by atoms with Crippen molar-refractivity contribution >= 4 is 22.4 Å². The first-order valence-electron chi connectivity index (χ1n) is 6.36. The van der Waals surface area contributed by atoms with Gasteiger partial charge in [0.25, 0.3) is 0 Å². The zero-order valence-corrected chi connectivity index (χ0v) is 12.2. The highest BCUT2D eigenvalue weighted by molar-refractivity contribution is 6.34. The van der Waals surface area contributed by atoms with Gasteiger partial charge < -0.3 is 0 Å². The van der Waals surface area contributed by atoms with Gasteiger partial charge in [-0.1, -0.05) is 35.4 Å². The van der Waals surface area contributed by atoms with Crippen molar-refractivity contribution in [3.8, 4) is 11.3 Å². The second-order valence-electron chi connectivity index (χ2n) is 4.97. The molecule has 2 nitrogen and oxygen atoms in total. The van der Waals surface area contributed by atoms with Crippen LogP contribution in [-0.2, 0) is 0 Å². The van der Waals surface area contributed by atoms with Crippen LogP contribution < -0.4 is 0 Å². The number of hydrogen-bond donors (Lipinski definition) is 0. The highest BCUT2D eigenvalue weighted by Gasteiger charge is 2.15. The maximum absolute atomic E-state index is 13.6. The molecule has 0 amide bonds. The lowest BCUT2D eigenvalue weighted by Gasteiger charge is -2.10. The van der Waals surface area contributed by atoms with Gasteiger partial charge in [0, 0.05) is 16.3 Å². The summed E-state index contributed by atoms with van der Waals surface area (Å²) >= 11 is 5.94. The number of rotatable bonds is 1. The minimum absolute atomic E-state index is 0.0532. The van der Waals surface area contributed by atoms with Gasteiger partial charge in [0.1, 0.15) is 5.69 Å². The molecule has 1 heterocycles. The molecular weight excluding hydrogens is 294 g/mol. The van der Waals surface area contributed by atoms with E-state index >= 15 is 0 Å². The van der Waals surface area contributed by atoms with Gasteiger partial charge in [0.15, 0.2) is 16.8 Å². The minimum Gasteiger partial charge on any atom is -0.204 e. The number of aryl methyl sites for hydroxylation is 2. The molecule has 0 unspecified atom stereocenters. The summed E-state index contributed by atoms with van der Waals surface area (Å²) in [6.07, 6.45) is 0. The molecule has 0 N–H and O–H groups in total. The van der Waals surface area contributed by atoms with E-state index < -0.39 is 11.6 Å². The van der Waals surface area contributed by atoms with Crippen molar-refractivity contribution in [1.29, 1.82) is 0 Å². The minimum atomic E-state index is -0.955. The topological polar surface area (TPSA) is 25.8 Å². The van der Waals surface area contributed by atoms with Crippen molar-refractivity contribution in [3.63, 3.8) is 0 Å². The van der Waals surface area contributed by atoms with Crippen molar-refractivity contribution in [2.24, 2.45) is 0 Å².